The third-order valence-electron chi connectivity index (χ3n) is 4.09. The lowest BCUT2D eigenvalue weighted by molar-refractivity contribution is 0.0526. The van der Waals surface area contributed by atoms with Gasteiger partial charge in [0.05, 0.1) is 32.0 Å². The molecule has 3 aromatic rings. The van der Waals surface area contributed by atoms with Gasteiger partial charge >= 0.3 is 11.5 Å². The van der Waals surface area contributed by atoms with Crippen LogP contribution in [0.2, 0.25) is 0 Å². The molecule has 6 heteroatoms. The highest BCUT2D eigenvalue weighted by molar-refractivity contribution is 5.90. The van der Waals surface area contributed by atoms with Gasteiger partial charge in [0.15, 0.2) is 5.75 Å². The Morgan fingerprint density at radius 1 is 1.07 bits per heavy atom. The second kappa shape index (κ2) is 8.31. The van der Waals surface area contributed by atoms with Crippen molar-refractivity contribution in [3.05, 3.63) is 82.3 Å². The molecule has 0 aliphatic heterocycles. The van der Waals surface area contributed by atoms with E-state index in [1.165, 1.54) is 11.8 Å². The molecule has 2 aromatic carbocycles. The minimum absolute atomic E-state index is 0.213. The zero-order valence-corrected chi connectivity index (χ0v) is 15.2. The number of aromatic nitrogens is 2. The van der Waals surface area contributed by atoms with Crippen molar-refractivity contribution in [1.29, 1.82) is 0 Å². The summed E-state index contributed by atoms with van der Waals surface area (Å²) in [5, 5.41) is 4.28. The Hall–Kier alpha value is -3.41. The van der Waals surface area contributed by atoms with Crippen molar-refractivity contribution in [1.82, 2.24) is 9.78 Å². The van der Waals surface area contributed by atoms with E-state index in [1.807, 2.05) is 30.3 Å². The Bertz CT molecular complexity index is 979. The lowest BCUT2D eigenvalue weighted by atomic mass is 10.1. The Morgan fingerprint density at radius 2 is 1.78 bits per heavy atom. The first-order valence-corrected chi connectivity index (χ1v) is 8.59. The summed E-state index contributed by atoms with van der Waals surface area (Å²) in [6.07, 6.45) is 1.60. The first-order chi connectivity index (χ1) is 13.1. The number of methoxy groups -OCH3 is 1. The predicted octanol–water partition coefficient (Wildman–Crippen LogP) is 3.14. The minimum atomic E-state index is -0.382. The van der Waals surface area contributed by atoms with Crippen LogP contribution in [0.5, 0.6) is 5.75 Å². The van der Waals surface area contributed by atoms with E-state index in [1.54, 1.807) is 37.4 Å². The molecule has 0 radical (unpaired) electrons. The van der Waals surface area contributed by atoms with Crippen molar-refractivity contribution >= 4 is 5.97 Å². The van der Waals surface area contributed by atoms with Crippen LogP contribution in [0.4, 0.5) is 0 Å². The molecule has 1 aromatic heterocycles. The summed E-state index contributed by atoms with van der Waals surface area (Å²) in [5.74, 6) is -0.169. The van der Waals surface area contributed by atoms with E-state index in [-0.39, 0.29) is 17.3 Å². The van der Waals surface area contributed by atoms with Crippen LogP contribution in [0, 0.1) is 0 Å². The molecular weight excluding hydrogens is 344 g/mol. The number of hydrogen-bond donors (Lipinski definition) is 0. The van der Waals surface area contributed by atoms with E-state index < -0.39 is 0 Å². The maximum absolute atomic E-state index is 12.8. The number of carbonyl (C=O) groups is 1. The van der Waals surface area contributed by atoms with Crippen LogP contribution in [0.1, 0.15) is 22.8 Å². The molecular formula is C21H20N2O4. The number of rotatable bonds is 6. The van der Waals surface area contributed by atoms with Crippen LogP contribution < -0.4 is 10.3 Å². The molecule has 0 spiro atoms. The van der Waals surface area contributed by atoms with Crippen molar-refractivity contribution in [3.8, 4) is 16.9 Å². The number of benzene rings is 2. The summed E-state index contributed by atoms with van der Waals surface area (Å²) in [6.45, 7) is 2.43. The highest BCUT2D eigenvalue weighted by atomic mass is 16.5. The van der Waals surface area contributed by atoms with Crippen molar-refractivity contribution < 1.29 is 14.3 Å². The van der Waals surface area contributed by atoms with Gasteiger partial charge in [-0.3, -0.25) is 4.79 Å². The van der Waals surface area contributed by atoms with E-state index >= 15 is 0 Å². The Balaban J connectivity index is 1.93. The fourth-order valence-electron chi connectivity index (χ4n) is 2.74. The van der Waals surface area contributed by atoms with E-state index in [4.69, 9.17) is 9.47 Å². The average Bonchev–Trinajstić information content (AvgIpc) is 2.70. The number of hydrogen-bond acceptors (Lipinski definition) is 5. The van der Waals surface area contributed by atoms with Gasteiger partial charge in [0.1, 0.15) is 0 Å². The van der Waals surface area contributed by atoms with E-state index in [9.17, 15) is 9.59 Å². The fraction of sp³-hybridized carbons (Fsp3) is 0.190. The molecule has 0 bridgehead atoms. The van der Waals surface area contributed by atoms with Gasteiger partial charge < -0.3 is 9.47 Å². The Kier molecular flexibility index (Phi) is 5.66. The third-order valence-corrected chi connectivity index (χ3v) is 4.09. The van der Waals surface area contributed by atoms with Crippen LogP contribution in [0.15, 0.2) is 65.6 Å². The first kappa shape index (κ1) is 18.4. The first-order valence-electron chi connectivity index (χ1n) is 8.59. The van der Waals surface area contributed by atoms with E-state index in [2.05, 4.69) is 5.10 Å². The fourth-order valence-corrected chi connectivity index (χ4v) is 2.74. The summed E-state index contributed by atoms with van der Waals surface area (Å²) in [6, 6.07) is 16.4. The zero-order chi connectivity index (χ0) is 19.2. The standard InChI is InChI=1S/C21H20N2O4/c1-3-27-21(25)17-11-9-16(10-12-17)18-13-22-23(20(24)19(18)26-2)14-15-7-5-4-6-8-15/h4-13H,3,14H2,1-2H3. The molecule has 3 rings (SSSR count). The second-order valence-electron chi connectivity index (χ2n) is 5.84. The quantitative estimate of drug-likeness (QED) is 0.629. The molecule has 0 unspecified atom stereocenters. The monoisotopic (exact) mass is 364 g/mol. The van der Waals surface area contributed by atoms with Crippen molar-refractivity contribution in [2.24, 2.45) is 0 Å². The van der Waals surface area contributed by atoms with E-state index in [0.717, 1.165) is 11.1 Å². The van der Waals surface area contributed by atoms with Gasteiger partial charge in [-0.25, -0.2) is 9.48 Å². The molecule has 0 amide bonds. The Morgan fingerprint density at radius 3 is 2.41 bits per heavy atom. The van der Waals surface area contributed by atoms with Crippen LogP contribution >= 0.6 is 0 Å². The topological polar surface area (TPSA) is 70.4 Å². The van der Waals surface area contributed by atoms with Gasteiger partial charge in [-0.15, -0.1) is 0 Å². The maximum atomic E-state index is 12.8. The molecule has 0 atom stereocenters. The largest absolute Gasteiger partial charge is 0.491 e. The van der Waals surface area contributed by atoms with Crippen molar-refractivity contribution in [2.75, 3.05) is 13.7 Å². The van der Waals surface area contributed by atoms with Crippen LogP contribution in [0.25, 0.3) is 11.1 Å². The van der Waals surface area contributed by atoms with Gasteiger partial charge in [-0.2, -0.15) is 5.10 Å². The normalized spacial score (nSPS) is 10.4. The van der Waals surface area contributed by atoms with Crippen molar-refractivity contribution in [3.63, 3.8) is 0 Å². The number of carbonyl (C=O) groups excluding carboxylic acids is 1. The SMILES string of the molecule is CCOC(=O)c1ccc(-c2cnn(Cc3ccccc3)c(=O)c2OC)cc1. The van der Waals surface area contributed by atoms with Crippen LogP contribution in [0.3, 0.4) is 0 Å². The highest BCUT2D eigenvalue weighted by Gasteiger charge is 2.15. The molecule has 0 saturated heterocycles. The molecule has 0 aliphatic carbocycles. The summed E-state index contributed by atoms with van der Waals surface area (Å²) in [7, 11) is 1.46. The van der Waals surface area contributed by atoms with Gasteiger partial charge in [0, 0.05) is 5.56 Å². The van der Waals surface area contributed by atoms with Crippen LogP contribution in [-0.4, -0.2) is 29.5 Å². The van der Waals surface area contributed by atoms with E-state index in [0.29, 0.717) is 24.3 Å². The van der Waals surface area contributed by atoms with Crippen LogP contribution in [-0.2, 0) is 11.3 Å². The zero-order valence-electron chi connectivity index (χ0n) is 15.2. The molecule has 1 heterocycles. The summed E-state index contributed by atoms with van der Waals surface area (Å²) in [4.78, 5) is 24.5. The minimum Gasteiger partial charge on any atom is -0.491 e. The highest BCUT2D eigenvalue weighted by Crippen LogP contribution is 2.26. The molecule has 0 fully saturated rings. The molecule has 6 nitrogen and oxygen atoms in total. The third kappa shape index (κ3) is 4.06. The van der Waals surface area contributed by atoms with Gasteiger partial charge in [-0.1, -0.05) is 42.5 Å². The van der Waals surface area contributed by atoms with Crippen molar-refractivity contribution in [2.45, 2.75) is 13.5 Å². The number of nitrogens with zero attached hydrogens (tertiary/aromatic N) is 2. The van der Waals surface area contributed by atoms with Gasteiger partial charge in [-0.05, 0) is 30.2 Å². The lowest BCUT2D eigenvalue weighted by Gasteiger charge is -2.11. The molecule has 27 heavy (non-hydrogen) atoms. The Labute approximate surface area is 157 Å². The average molecular weight is 364 g/mol. The summed E-state index contributed by atoms with van der Waals surface area (Å²) < 4.78 is 11.7. The van der Waals surface area contributed by atoms with Gasteiger partial charge in [0.2, 0.25) is 0 Å². The molecule has 0 N–H and O–H groups in total. The molecule has 0 aliphatic rings. The summed E-state index contributed by atoms with van der Waals surface area (Å²) in [5.41, 5.74) is 2.41. The smallest absolute Gasteiger partial charge is 0.338 e. The number of esters is 1. The second-order valence-corrected chi connectivity index (χ2v) is 5.84. The lowest BCUT2D eigenvalue weighted by Crippen LogP contribution is -2.25. The number of ether oxygens (including phenoxy) is 2. The maximum Gasteiger partial charge on any atom is 0.338 e. The predicted molar refractivity (Wildman–Crippen MR) is 102 cm³/mol. The molecule has 0 saturated carbocycles. The summed E-state index contributed by atoms with van der Waals surface area (Å²) >= 11 is 0. The molecule has 138 valence electrons. The van der Waals surface area contributed by atoms with Gasteiger partial charge in [0.25, 0.3) is 0 Å².